The summed E-state index contributed by atoms with van der Waals surface area (Å²) in [4.78, 5) is 7.14. The summed E-state index contributed by atoms with van der Waals surface area (Å²) in [5, 5.41) is 7.73. The van der Waals surface area contributed by atoms with Crippen LogP contribution in [0, 0.1) is 13.8 Å². The average molecular weight is 370 g/mol. The van der Waals surface area contributed by atoms with E-state index >= 15 is 0 Å². The van der Waals surface area contributed by atoms with E-state index in [1.54, 1.807) is 0 Å². The van der Waals surface area contributed by atoms with Gasteiger partial charge in [0.05, 0.1) is 12.7 Å². The van der Waals surface area contributed by atoms with E-state index in [-0.39, 0.29) is 0 Å². The molecule has 1 saturated heterocycles. The molecule has 1 aromatic heterocycles. The highest BCUT2D eigenvalue weighted by Gasteiger charge is 2.26. The van der Waals surface area contributed by atoms with Gasteiger partial charge in [-0.2, -0.15) is 5.10 Å². The van der Waals surface area contributed by atoms with Gasteiger partial charge in [0, 0.05) is 38.8 Å². The van der Waals surface area contributed by atoms with E-state index in [9.17, 15) is 0 Å². The van der Waals surface area contributed by atoms with Crippen molar-refractivity contribution in [3.8, 4) is 5.75 Å². The summed E-state index contributed by atoms with van der Waals surface area (Å²) in [6.07, 6.45) is 5.24. The van der Waals surface area contributed by atoms with Crippen LogP contribution in [0.2, 0.25) is 0 Å². The molecular formula is C21H31N5O. The number of likely N-dealkylation sites (tertiary alicyclic amines) is 1. The molecule has 1 aliphatic rings. The second-order valence-corrected chi connectivity index (χ2v) is 7.18. The fraction of sp³-hybridized carbons (Fsp3) is 0.524. The molecule has 1 N–H and O–H groups in total. The highest BCUT2D eigenvalue weighted by Crippen LogP contribution is 2.26. The first-order valence-electron chi connectivity index (χ1n) is 9.79. The molecule has 2 aromatic rings. The summed E-state index contributed by atoms with van der Waals surface area (Å²) in [6, 6.07) is 6.22. The van der Waals surface area contributed by atoms with Crippen molar-refractivity contribution in [1.29, 1.82) is 0 Å². The summed E-state index contributed by atoms with van der Waals surface area (Å²) in [6.45, 7) is 10.4. The molecule has 0 bridgehead atoms. The highest BCUT2D eigenvalue weighted by molar-refractivity contribution is 5.80. The maximum atomic E-state index is 5.99. The molecule has 2 heterocycles. The predicted molar refractivity (Wildman–Crippen MR) is 110 cm³/mol. The molecule has 6 nitrogen and oxygen atoms in total. The van der Waals surface area contributed by atoms with E-state index in [4.69, 9.17) is 9.73 Å². The van der Waals surface area contributed by atoms with E-state index in [1.165, 1.54) is 16.7 Å². The molecule has 6 heteroatoms. The number of hydrogen-bond donors (Lipinski definition) is 1. The summed E-state index contributed by atoms with van der Waals surface area (Å²) in [5.41, 5.74) is 3.66. The number of aryl methyl sites for hydroxylation is 3. The van der Waals surface area contributed by atoms with Gasteiger partial charge in [-0.1, -0.05) is 18.2 Å². The van der Waals surface area contributed by atoms with Crippen LogP contribution < -0.4 is 10.1 Å². The van der Waals surface area contributed by atoms with Crippen molar-refractivity contribution in [2.45, 2.75) is 33.1 Å². The molecule has 146 valence electrons. The molecule has 0 amide bonds. The molecule has 0 aliphatic carbocycles. The average Bonchev–Trinajstić information content (AvgIpc) is 3.28. The third kappa shape index (κ3) is 4.81. The topological polar surface area (TPSA) is 54.7 Å². The Balaban J connectivity index is 1.57. The molecule has 3 rings (SSSR count). The monoisotopic (exact) mass is 369 g/mol. The molecule has 1 aliphatic heterocycles. The fourth-order valence-corrected chi connectivity index (χ4v) is 3.63. The maximum Gasteiger partial charge on any atom is 0.194 e. The summed E-state index contributed by atoms with van der Waals surface area (Å²) >= 11 is 0. The number of aliphatic imine (C=N–C) groups is 1. The SMILES string of the molecule is CCNC(=NCCOc1c(C)cccc1C)N1CCC(c2cnn(C)c2)C1. The van der Waals surface area contributed by atoms with Crippen molar-refractivity contribution in [1.82, 2.24) is 20.0 Å². The zero-order chi connectivity index (χ0) is 19.2. The Morgan fingerprint density at radius 2 is 2.11 bits per heavy atom. The van der Waals surface area contributed by atoms with Crippen LogP contribution in [0.3, 0.4) is 0 Å². The zero-order valence-electron chi connectivity index (χ0n) is 16.9. The Morgan fingerprint density at radius 3 is 2.78 bits per heavy atom. The molecule has 27 heavy (non-hydrogen) atoms. The third-order valence-electron chi connectivity index (χ3n) is 5.03. The van der Waals surface area contributed by atoms with Crippen molar-refractivity contribution in [3.05, 3.63) is 47.3 Å². The number of hydrogen-bond acceptors (Lipinski definition) is 3. The first-order chi connectivity index (χ1) is 13.1. The van der Waals surface area contributed by atoms with E-state index < -0.39 is 0 Å². The number of aromatic nitrogens is 2. The first kappa shape index (κ1) is 19.3. The second-order valence-electron chi connectivity index (χ2n) is 7.18. The van der Waals surface area contributed by atoms with Crippen LogP contribution in [0.4, 0.5) is 0 Å². The Kier molecular flexibility index (Phi) is 6.37. The number of guanidine groups is 1. The Morgan fingerprint density at radius 1 is 1.33 bits per heavy atom. The van der Waals surface area contributed by atoms with E-state index in [0.29, 0.717) is 19.1 Å². The normalized spacial score (nSPS) is 17.4. The molecule has 0 saturated carbocycles. The van der Waals surface area contributed by atoms with Crippen molar-refractivity contribution >= 4 is 5.96 Å². The third-order valence-corrected chi connectivity index (χ3v) is 5.03. The molecule has 1 fully saturated rings. The van der Waals surface area contributed by atoms with Crippen LogP contribution in [0.15, 0.2) is 35.6 Å². The summed E-state index contributed by atoms with van der Waals surface area (Å²) in [7, 11) is 1.97. The van der Waals surface area contributed by atoms with Crippen LogP contribution in [0.25, 0.3) is 0 Å². The minimum atomic E-state index is 0.522. The van der Waals surface area contributed by atoms with Gasteiger partial charge in [-0.3, -0.25) is 4.68 Å². The standard InChI is InChI=1S/C21H31N5O/c1-5-22-21(23-10-12-27-20-16(2)7-6-8-17(20)3)26-11-9-18(15-26)19-13-24-25(4)14-19/h6-8,13-14,18H,5,9-12,15H2,1-4H3,(H,22,23). The van der Waals surface area contributed by atoms with Gasteiger partial charge in [0.2, 0.25) is 0 Å². The molecule has 1 atom stereocenters. The van der Waals surface area contributed by atoms with Crippen molar-refractivity contribution in [2.24, 2.45) is 12.0 Å². The van der Waals surface area contributed by atoms with E-state index in [0.717, 1.165) is 37.8 Å². The van der Waals surface area contributed by atoms with Crippen LogP contribution in [0.1, 0.15) is 36.0 Å². The lowest BCUT2D eigenvalue weighted by Crippen LogP contribution is -2.40. The zero-order valence-corrected chi connectivity index (χ0v) is 16.9. The molecular weight excluding hydrogens is 338 g/mol. The van der Waals surface area contributed by atoms with Crippen molar-refractivity contribution in [3.63, 3.8) is 0 Å². The minimum absolute atomic E-state index is 0.522. The summed E-state index contributed by atoms with van der Waals surface area (Å²) in [5.74, 6) is 2.48. The number of rotatable bonds is 6. The Bertz CT molecular complexity index is 762. The second kappa shape index (κ2) is 8.93. The molecule has 1 aromatic carbocycles. The van der Waals surface area contributed by atoms with Crippen LogP contribution in [0.5, 0.6) is 5.75 Å². The maximum absolute atomic E-state index is 5.99. The van der Waals surface area contributed by atoms with Gasteiger partial charge in [0.1, 0.15) is 12.4 Å². The smallest absolute Gasteiger partial charge is 0.194 e. The van der Waals surface area contributed by atoms with Crippen molar-refractivity contribution < 1.29 is 4.74 Å². The van der Waals surface area contributed by atoms with Crippen LogP contribution >= 0.6 is 0 Å². The lowest BCUT2D eigenvalue weighted by Gasteiger charge is -2.21. The van der Waals surface area contributed by atoms with Crippen LogP contribution in [-0.2, 0) is 7.05 Å². The highest BCUT2D eigenvalue weighted by atomic mass is 16.5. The fourth-order valence-electron chi connectivity index (χ4n) is 3.63. The predicted octanol–water partition coefficient (Wildman–Crippen LogP) is 2.87. The number of nitrogens with one attached hydrogen (secondary N) is 1. The van der Waals surface area contributed by atoms with Gasteiger partial charge in [-0.05, 0) is 43.9 Å². The largest absolute Gasteiger partial charge is 0.491 e. The minimum Gasteiger partial charge on any atom is -0.491 e. The molecule has 0 radical (unpaired) electrons. The number of nitrogens with zero attached hydrogens (tertiary/aromatic N) is 4. The van der Waals surface area contributed by atoms with Crippen molar-refractivity contribution in [2.75, 3.05) is 32.8 Å². The van der Waals surface area contributed by atoms with Gasteiger partial charge in [-0.25, -0.2) is 4.99 Å². The van der Waals surface area contributed by atoms with E-state index in [1.807, 2.05) is 17.9 Å². The lowest BCUT2D eigenvalue weighted by atomic mass is 10.0. The number of ether oxygens (including phenoxy) is 1. The Hall–Kier alpha value is -2.50. The van der Waals surface area contributed by atoms with E-state index in [2.05, 4.69) is 60.5 Å². The van der Waals surface area contributed by atoms with Gasteiger partial charge < -0.3 is 15.0 Å². The quantitative estimate of drug-likeness (QED) is 0.483. The molecule has 1 unspecified atom stereocenters. The van der Waals surface area contributed by atoms with Gasteiger partial charge >= 0.3 is 0 Å². The molecule has 0 spiro atoms. The van der Waals surface area contributed by atoms with Gasteiger partial charge in [0.25, 0.3) is 0 Å². The summed E-state index contributed by atoms with van der Waals surface area (Å²) < 4.78 is 7.86. The number of para-hydroxylation sites is 1. The van der Waals surface area contributed by atoms with Crippen LogP contribution in [-0.4, -0.2) is 53.4 Å². The lowest BCUT2D eigenvalue weighted by molar-refractivity contribution is 0.323. The number of benzene rings is 1. The van der Waals surface area contributed by atoms with Gasteiger partial charge in [0.15, 0.2) is 5.96 Å². The van der Waals surface area contributed by atoms with Gasteiger partial charge in [-0.15, -0.1) is 0 Å². The first-order valence-corrected chi connectivity index (χ1v) is 9.79. The Labute approximate surface area is 162 Å².